The Hall–Kier alpha value is -0.610. The van der Waals surface area contributed by atoms with E-state index < -0.39 is 11.4 Å². The first-order valence-electron chi connectivity index (χ1n) is 6.12. The van der Waals surface area contributed by atoms with Crippen molar-refractivity contribution in [2.24, 2.45) is 5.41 Å². The Balaban J connectivity index is 2.39. The number of rotatable bonds is 6. The van der Waals surface area contributed by atoms with Crippen molar-refractivity contribution >= 4 is 5.97 Å². The molecule has 1 aliphatic rings. The van der Waals surface area contributed by atoms with Gasteiger partial charge in [0.25, 0.3) is 0 Å². The minimum absolute atomic E-state index is 0.562. The smallest absolute Gasteiger partial charge is 0.309 e. The van der Waals surface area contributed by atoms with Gasteiger partial charge in [-0.25, -0.2) is 0 Å². The summed E-state index contributed by atoms with van der Waals surface area (Å²) in [6, 6.07) is 0. The number of carbonyl (C=O) groups is 1. The van der Waals surface area contributed by atoms with Crippen LogP contribution in [0.15, 0.2) is 0 Å². The molecule has 0 radical (unpaired) electrons. The molecule has 0 aromatic carbocycles. The number of carboxylic acid groups (broad SMARTS) is 1. The summed E-state index contributed by atoms with van der Waals surface area (Å²) < 4.78 is 5.27. The topological polar surface area (TPSA) is 49.8 Å². The van der Waals surface area contributed by atoms with Gasteiger partial charge in [0, 0.05) is 13.1 Å². The molecule has 0 bridgehead atoms. The van der Waals surface area contributed by atoms with Crippen LogP contribution >= 0.6 is 0 Å². The molecule has 1 aliphatic heterocycles. The van der Waals surface area contributed by atoms with Crippen molar-refractivity contribution in [3.05, 3.63) is 0 Å². The summed E-state index contributed by atoms with van der Waals surface area (Å²) in [5.41, 5.74) is -0.562. The van der Waals surface area contributed by atoms with Gasteiger partial charge in [0.15, 0.2) is 0 Å². The lowest BCUT2D eigenvalue weighted by molar-refractivity contribution is -0.149. The van der Waals surface area contributed by atoms with E-state index in [1.165, 1.54) is 0 Å². The van der Waals surface area contributed by atoms with Crippen molar-refractivity contribution in [3.63, 3.8) is 0 Å². The molecule has 1 rings (SSSR count). The standard InChI is InChI=1S/C12H23NO3/c1-3-4-12(2,11(14)15)5-6-13-7-9-16-10-8-13/h3-10H2,1-2H3,(H,14,15). The average Bonchev–Trinajstić information content (AvgIpc) is 2.28. The minimum atomic E-state index is -0.664. The van der Waals surface area contributed by atoms with E-state index in [4.69, 9.17) is 4.74 Å². The van der Waals surface area contributed by atoms with Crippen molar-refractivity contribution < 1.29 is 14.6 Å². The van der Waals surface area contributed by atoms with Gasteiger partial charge in [-0.15, -0.1) is 0 Å². The normalized spacial score (nSPS) is 21.6. The van der Waals surface area contributed by atoms with Gasteiger partial charge in [0.2, 0.25) is 0 Å². The predicted molar refractivity (Wildman–Crippen MR) is 62.5 cm³/mol. The van der Waals surface area contributed by atoms with Crippen LogP contribution in [-0.4, -0.2) is 48.8 Å². The summed E-state index contributed by atoms with van der Waals surface area (Å²) in [6.07, 6.45) is 2.41. The second-order valence-electron chi connectivity index (χ2n) is 4.82. The Kier molecular flexibility index (Phi) is 5.22. The number of morpholine rings is 1. The Morgan fingerprint density at radius 3 is 2.50 bits per heavy atom. The molecule has 0 saturated carbocycles. The monoisotopic (exact) mass is 229 g/mol. The Morgan fingerprint density at radius 2 is 2.00 bits per heavy atom. The molecule has 0 aromatic rings. The summed E-state index contributed by atoms with van der Waals surface area (Å²) in [7, 11) is 0. The molecule has 0 aromatic heterocycles. The van der Waals surface area contributed by atoms with Gasteiger partial charge in [-0.3, -0.25) is 9.69 Å². The third-order valence-electron chi connectivity index (χ3n) is 3.40. The molecule has 94 valence electrons. The summed E-state index contributed by atoms with van der Waals surface area (Å²) in [6.45, 7) is 8.18. The maximum Gasteiger partial charge on any atom is 0.309 e. The van der Waals surface area contributed by atoms with Crippen LogP contribution in [0.1, 0.15) is 33.1 Å². The van der Waals surface area contributed by atoms with E-state index >= 15 is 0 Å². The van der Waals surface area contributed by atoms with Crippen LogP contribution in [0.5, 0.6) is 0 Å². The quantitative estimate of drug-likeness (QED) is 0.751. The third kappa shape index (κ3) is 3.76. The van der Waals surface area contributed by atoms with Gasteiger partial charge < -0.3 is 9.84 Å². The zero-order valence-electron chi connectivity index (χ0n) is 10.4. The van der Waals surface area contributed by atoms with Gasteiger partial charge in [0.1, 0.15) is 0 Å². The van der Waals surface area contributed by atoms with Crippen molar-refractivity contribution in [2.75, 3.05) is 32.8 Å². The average molecular weight is 229 g/mol. The molecule has 1 atom stereocenters. The van der Waals surface area contributed by atoms with E-state index in [0.29, 0.717) is 0 Å². The molecular weight excluding hydrogens is 206 g/mol. The zero-order chi connectivity index (χ0) is 12.0. The van der Waals surface area contributed by atoms with Crippen LogP contribution in [0.3, 0.4) is 0 Å². The Bertz CT molecular complexity index is 226. The Morgan fingerprint density at radius 1 is 1.38 bits per heavy atom. The van der Waals surface area contributed by atoms with Crippen LogP contribution < -0.4 is 0 Å². The van der Waals surface area contributed by atoms with E-state index in [1.54, 1.807) is 0 Å². The number of ether oxygens (including phenoxy) is 1. The van der Waals surface area contributed by atoms with Crippen molar-refractivity contribution in [3.8, 4) is 0 Å². The summed E-state index contributed by atoms with van der Waals surface area (Å²) in [4.78, 5) is 13.5. The fourth-order valence-corrected chi connectivity index (χ4v) is 2.12. The second kappa shape index (κ2) is 6.21. The number of hydrogen-bond acceptors (Lipinski definition) is 3. The summed E-state index contributed by atoms with van der Waals surface area (Å²) in [5, 5.41) is 9.25. The fourth-order valence-electron chi connectivity index (χ4n) is 2.12. The second-order valence-corrected chi connectivity index (χ2v) is 4.82. The van der Waals surface area contributed by atoms with Gasteiger partial charge in [-0.1, -0.05) is 13.3 Å². The van der Waals surface area contributed by atoms with Crippen LogP contribution in [0.4, 0.5) is 0 Å². The Labute approximate surface area is 97.6 Å². The third-order valence-corrected chi connectivity index (χ3v) is 3.40. The van der Waals surface area contributed by atoms with E-state index in [0.717, 1.165) is 52.1 Å². The predicted octanol–water partition coefficient (Wildman–Crippen LogP) is 1.60. The first kappa shape index (κ1) is 13.5. The largest absolute Gasteiger partial charge is 0.481 e. The first-order chi connectivity index (χ1) is 7.58. The van der Waals surface area contributed by atoms with E-state index in [1.807, 2.05) is 13.8 Å². The molecule has 1 saturated heterocycles. The number of carboxylic acids is 1. The maximum absolute atomic E-state index is 11.2. The lowest BCUT2D eigenvalue weighted by Gasteiger charge is -2.31. The highest BCUT2D eigenvalue weighted by molar-refractivity contribution is 5.74. The highest BCUT2D eigenvalue weighted by Gasteiger charge is 2.32. The molecule has 1 fully saturated rings. The molecule has 0 aliphatic carbocycles. The zero-order valence-corrected chi connectivity index (χ0v) is 10.4. The molecule has 0 amide bonds. The molecular formula is C12H23NO3. The number of hydrogen-bond donors (Lipinski definition) is 1. The minimum Gasteiger partial charge on any atom is -0.481 e. The molecule has 1 N–H and O–H groups in total. The van der Waals surface area contributed by atoms with Crippen molar-refractivity contribution in [2.45, 2.75) is 33.1 Å². The van der Waals surface area contributed by atoms with E-state index in [9.17, 15) is 9.90 Å². The SMILES string of the molecule is CCCC(C)(CCN1CCOCC1)C(=O)O. The van der Waals surface area contributed by atoms with Gasteiger partial charge in [0.05, 0.1) is 18.6 Å². The van der Waals surface area contributed by atoms with Crippen LogP contribution in [-0.2, 0) is 9.53 Å². The van der Waals surface area contributed by atoms with Gasteiger partial charge in [-0.05, 0) is 26.3 Å². The molecule has 4 nitrogen and oxygen atoms in total. The fraction of sp³-hybridized carbons (Fsp3) is 0.917. The van der Waals surface area contributed by atoms with E-state index in [-0.39, 0.29) is 0 Å². The van der Waals surface area contributed by atoms with E-state index in [2.05, 4.69) is 4.90 Å². The van der Waals surface area contributed by atoms with Gasteiger partial charge >= 0.3 is 5.97 Å². The maximum atomic E-state index is 11.2. The van der Waals surface area contributed by atoms with Gasteiger partial charge in [-0.2, -0.15) is 0 Å². The molecule has 1 heterocycles. The molecule has 0 spiro atoms. The molecule has 1 unspecified atom stereocenters. The van der Waals surface area contributed by atoms with Crippen LogP contribution in [0.25, 0.3) is 0 Å². The molecule has 16 heavy (non-hydrogen) atoms. The number of nitrogens with zero attached hydrogens (tertiary/aromatic N) is 1. The van der Waals surface area contributed by atoms with Crippen molar-refractivity contribution in [1.82, 2.24) is 4.90 Å². The highest BCUT2D eigenvalue weighted by atomic mass is 16.5. The van der Waals surface area contributed by atoms with Crippen LogP contribution in [0, 0.1) is 5.41 Å². The van der Waals surface area contributed by atoms with Crippen LogP contribution in [0.2, 0.25) is 0 Å². The molecule has 4 heteroatoms. The lowest BCUT2D eigenvalue weighted by atomic mass is 9.82. The number of aliphatic carboxylic acids is 1. The summed E-state index contributed by atoms with van der Waals surface area (Å²) >= 11 is 0. The summed E-state index contributed by atoms with van der Waals surface area (Å²) in [5.74, 6) is -0.664. The highest BCUT2D eigenvalue weighted by Crippen LogP contribution is 2.28. The first-order valence-corrected chi connectivity index (χ1v) is 6.12. The van der Waals surface area contributed by atoms with Crippen molar-refractivity contribution in [1.29, 1.82) is 0 Å². The lowest BCUT2D eigenvalue weighted by Crippen LogP contribution is -2.40.